The highest BCUT2D eigenvalue weighted by Gasteiger charge is 2.17. The van der Waals surface area contributed by atoms with Crippen LogP contribution >= 0.6 is 0 Å². The summed E-state index contributed by atoms with van der Waals surface area (Å²) in [7, 11) is 0. The van der Waals surface area contributed by atoms with Crippen molar-refractivity contribution in [3.05, 3.63) is 0 Å². The summed E-state index contributed by atoms with van der Waals surface area (Å²) in [6.45, 7) is 0. The Kier molecular flexibility index (Phi) is 1.25. The summed E-state index contributed by atoms with van der Waals surface area (Å²) >= 11 is 0. The van der Waals surface area contributed by atoms with Gasteiger partial charge in [0.2, 0.25) is 0 Å². The molecule has 0 amide bonds. The molecule has 0 aromatic carbocycles. The van der Waals surface area contributed by atoms with Crippen LogP contribution in [0.15, 0.2) is 0 Å². The van der Waals surface area contributed by atoms with Gasteiger partial charge in [0.25, 0.3) is 0 Å². The van der Waals surface area contributed by atoms with Crippen molar-refractivity contribution in [2.45, 2.75) is 18.9 Å². The quantitative estimate of drug-likeness (QED) is 0.290. The molecule has 0 aliphatic carbocycles. The monoisotopic (exact) mass is 104 g/mol. The molecule has 0 bridgehead atoms. The second-order valence-corrected chi connectivity index (χ2v) is 1.56. The molecule has 0 aromatic rings. The molecule has 1 fully saturated rings. The normalized spacial score (nSPS) is 42.0. The van der Waals surface area contributed by atoms with Crippen molar-refractivity contribution in [2.75, 3.05) is 0 Å². The summed E-state index contributed by atoms with van der Waals surface area (Å²) in [5.41, 5.74) is 4.85. The Morgan fingerprint density at radius 2 is 1.57 bits per heavy atom. The maximum atomic E-state index is 8.57. The largest absolute Gasteiger partial charge is 0.377 e. The molecule has 4 heteroatoms. The predicted molar refractivity (Wildman–Crippen MR) is 22.9 cm³/mol. The van der Waals surface area contributed by atoms with Gasteiger partial charge in [-0.25, -0.2) is 10.9 Å². The molecule has 0 saturated carbocycles. The lowest BCUT2D eigenvalue weighted by molar-refractivity contribution is 0.128. The number of hydrazine groups is 1. The summed E-state index contributed by atoms with van der Waals surface area (Å²) in [6, 6.07) is 0. The van der Waals surface area contributed by atoms with Crippen molar-refractivity contribution < 1.29 is 10.2 Å². The van der Waals surface area contributed by atoms with E-state index in [0.717, 1.165) is 0 Å². The standard InChI is InChI=1S/C3H8N2O2/c6-2-1-3(7)5-4-2/h2-7H,1H2. The van der Waals surface area contributed by atoms with Gasteiger partial charge in [0, 0.05) is 6.42 Å². The zero-order valence-electron chi connectivity index (χ0n) is 3.76. The van der Waals surface area contributed by atoms with Crippen LogP contribution in [0.2, 0.25) is 0 Å². The van der Waals surface area contributed by atoms with Crippen molar-refractivity contribution in [3.63, 3.8) is 0 Å². The Bertz CT molecular complexity index is 60.0. The maximum absolute atomic E-state index is 8.57. The van der Waals surface area contributed by atoms with Crippen LogP contribution in [-0.4, -0.2) is 22.7 Å². The summed E-state index contributed by atoms with van der Waals surface area (Å²) < 4.78 is 0. The molecule has 1 aliphatic heterocycles. The van der Waals surface area contributed by atoms with Crippen molar-refractivity contribution in [1.82, 2.24) is 10.9 Å². The molecule has 4 N–H and O–H groups in total. The highest BCUT2D eigenvalue weighted by molar-refractivity contribution is 4.63. The van der Waals surface area contributed by atoms with Gasteiger partial charge in [0.15, 0.2) is 0 Å². The minimum absolute atomic E-state index is 0.361. The number of rotatable bonds is 0. The van der Waals surface area contributed by atoms with Crippen LogP contribution in [-0.2, 0) is 0 Å². The molecule has 1 saturated heterocycles. The van der Waals surface area contributed by atoms with Crippen LogP contribution < -0.4 is 10.9 Å². The second kappa shape index (κ2) is 1.75. The van der Waals surface area contributed by atoms with Crippen LogP contribution in [0.3, 0.4) is 0 Å². The molecule has 4 nitrogen and oxygen atoms in total. The zero-order chi connectivity index (χ0) is 5.28. The summed E-state index contributed by atoms with van der Waals surface area (Å²) in [6.07, 6.45) is -0.815. The zero-order valence-corrected chi connectivity index (χ0v) is 3.76. The molecule has 0 aromatic heterocycles. The molecular formula is C3H8N2O2. The highest BCUT2D eigenvalue weighted by Crippen LogP contribution is 1.95. The average molecular weight is 104 g/mol. The van der Waals surface area contributed by atoms with E-state index < -0.39 is 12.5 Å². The molecular weight excluding hydrogens is 96.0 g/mol. The number of hydrogen-bond acceptors (Lipinski definition) is 4. The molecule has 0 spiro atoms. The van der Waals surface area contributed by atoms with Gasteiger partial charge < -0.3 is 10.2 Å². The van der Waals surface area contributed by atoms with Crippen LogP contribution in [0.25, 0.3) is 0 Å². The lowest BCUT2D eigenvalue weighted by atomic mass is 10.4. The van der Waals surface area contributed by atoms with E-state index in [0.29, 0.717) is 6.42 Å². The van der Waals surface area contributed by atoms with Crippen molar-refractivity contribution >= 4 is 0 Å². The topological polar surface area (TPSA) is 64.5 Å². The fraction of sp³-hybridized carbons (Fsp3) is 1.00. The molecule has 1 aliphatic rings. The van der Waals surface area contributed by atoms with Crippen molar-refractivity contribution in [3.8, 4) is 0 Å². The number of aliphatic hydroxyl groups is 2. The number of aliphatic hydroxyl groups excluding tert-OH is 2. The predicted octanol–water partition coefficient (Wildman–Crippen LogP) is -1.88. The van der Waals surface area contributed by atoms with Crippen LogP contribution in [0, 0.1) is 0 Å². The first-order chi connectivity index (χ1) is 3.29. The highest BCUT2D eigenvalue weighted by atomic mass is 16.3. The third-order valence-electron chi connectivity index (χ3n) is 0.863. The number of nitrogens with one attached hydrogen (secondary N) is 2. The molecule has 42 valence electrons. The third-order valence-corrected chi connectivity index (χ3v) is 0.863. The van der Waals surface area contributed by atoms with Crippen LogP contribution in [0.4, 0.5) is 0 Å². The van der Waals surface area contributed by atoms with Gasteiger partial charge in [0.1, 0.15) is 12.5 Å². The minimum Gasteiger partial charge on any atom is -0.377 e. The van der Waals surface area contributed by atoms with Gasteiger partial charge in [-0.2, -0.15) is 0 Å². The van der Waals surface area contributed by atoms with E-state index in [1.165, 1.54) is 0 Å². The molecule has 2 atom stereocenters. The molecule has 2 unspecified atom stereocenters. The van der Waals surface area contributed by atoms with Gasteiger partial charge in [-0.15, -0.1) is 0 Å². The Labute approximate surface area is 41.1 Å². The van der Waals surface area contributed by atoms with E-state index in [4.69, 9.17) is 10.2 Å². The molecule has 1 rings (SSSR count). The van der Waals surface area contributed by atoms with Crippen molar-refractivity contribution in [1.29, 1.82) is 0 Å². The minimum atomic E-state index is -0.588. The molecule has 1 heterocycles. The first kappa shape index (κ1) is 4.99. The average Bonchev–Trinajstić information content (AvgIpc) is 1.87. The van der Waals surface area contributed by atoms with Crippen LogP contribution in [0.5, 0.6) is 0 Å². The van der Waals surface area contributed by atoms with E-state index in [1.54, 1.807) is 0 Å². The van der Waals surface area contributed by atoms with Gasteiger partial charge in [-0.1, -0.05) is 0 Å². The fourth-order valence-corrected chi connectivity index (χ4v) is 0.522. The summed E-state index contributed by atoms with van der Waals surface area (Å²) in [5.74, 6) is 0. The van der Waals surface area contributed by atoms with E-state index in [1.807, 2.05) is 0 Å². The first-order valence-corrected chi connectivity index (χ1v) is 2.16. The summed E-state index contributed by atoms with van der Waals surface area (Å²) in [4.78, 5) is 0. The Morgan fingerprint density at radius 1 is 1.14 bits per heavy atom. The first-order valence-electron chi connectivity index (χ1n) is 2.16. The van der Waals surface area contributed by atoms with Crippen molar-refractivity contribution in [2.24, 2.45) is 0 Å². The second-order valence-electron chi connectivity index (χ2n) is 1.56. The Hall–Kier alpha value is -0.160. The van der Waals surface area contributed by atoms with Crippen LogP contribution in [0.1, 0.15) is 6.42 Å². The van der Waals surface area contributed by atoms with Gasteiger partial charge in [-0.05, 0) is 0 Å². The lowest BCUT2D eigenvalue weighted by Gasteiger charge is -1.93. The van der Waals surface area contributed by atoms with E-state index >= 15 is 0 Å². The lowest BCUT2D eigenvalue weighted by Crippen LogP contribution is -2.32. The summed E-state index contributed by atoms with van der Waals surface area (Å²) in [5, 5.41) is 17.1. The smallest absolute Gasteiger partial charge is 0.121 e. The van der Waals surface area contributed by atoms with E-state index in [9.17, 15) is 0 Å². The third kappa shape index (κ3) is 1.10. The Balaban J connectivity index is 2.26. The van der Waals surface area contributed by atoms with E-state index in [-0.39, 0.29) is 0 Å². The van der Waals surface area contributed by atoms with Gasteiger partial charge in [0.05, 0.1) is 0 Å². The fourth-order valence-electron chi connectivity index (χ4n) is 0.522. The SMILES string of the molecule is OC1CC(O)NN1. The van der Waals surface area contributed by atoms with E-state index in [2.05, 4.69) is 10.9 Å². The maximum Gasteiger partial charge on any atom is 0.121 e. The van der Waals surface area contributed by atoms with Gasteiger partial charge in [-0.3, -0.25) is 0 Å². The molecule has 0 radical (unpaired) electrons. The van der Waals surface area contributed by atoms with Gasteiger partial charge >= 0.3 is 0 Å². The Morgan fingerprint density at radius 3 is 1.71 bits per heavy atom. The number of hydrogen-bond donors (Lipinski definition) is 4. The molecule has 7 heavy (non-hydrogen) atoms.